The molecular weight excluding hydrogens is 236 g/mol. The highest BCUT2D eigenvalue weighted by molar-refractivity contribution is 5.83. The van der Waals surface area contributed by atoms with E-state index in [9.17, 15) is 4.79 Å². The largest absolute Gasteiger partial charge is 0.341 e. The van der Waals surface area contributed by atoms with Gasteiger partial charge in [-0.1, -0.05) is 30.3 Å². The maximum absolute atomic E-state index is 12.5. The third kappa shape index (κ3) is 2.52. The first kappa shape index (κ1) is 12.7. The van der Waals surface area contributed by atoms with Crippen LogP contribution in [0.1, 0.15) is 25.3 Å². The molecule has 0 N–H and O–H groups in total. The number of carbonyl (C=O) groups excluding carboxylic acids is 1. The van der Waals surface area contributed by atoms with E-state index in [1.807, 2.05) is 11.0 Å². The van der Waals surface area contributed by atoms with E-state index in [-0.39, 0.29) is 6.04 Å². The predicted molar refractivity (Wildman–Crippen MR) is 75.6 cm³/mol. The molecule has 2 aliphatic rings. The molecule has 0 aliphatic carbocycles. The van der Waals surface area contributed by atoms with E-state index in [2.05, 4.69) is 36.1 Å². The number of likely N-dealkylation sites (tertiary alicyclic amines) is 2. The number of amides is 1. The summed E-state index contributed by atoms with van der Waals surface area (Å²) in [6, 6.07) is 10.6. The Morgan fingerprint density at radius 2 is 2.05 bits per heavy atom. The smallest absolute Gasteiger partial charge is 0.239 e. The van der Waals surface area contributed by atoms with Gasteiger partial charge in [0.1, 0.15) is 0 Å². The lowest BCUT2D eigenvalue weighted by Crippen LogP contribution is -2.58. The molecule has 3 nitrogen and oxygen atoms in total. The summed E-state index contributed by atoms with van der Waals surface area (Å²) in [7, 11) is 0. The van der Waals surface area contributed by atoms with Crippen molar-refractivity contribution < 1.29 is 4.79 Å². The maximum Gasteiger partial charge on any atom is 0.239 e. The first-order chi connectivity index (χ1) is 9.28. The standard InChI is InChI=1S/C16H22N2O/c1-2-17-12-14-8-9-18(15(10-14)16(17)19)11-13-6-4-3-5-7-13/h3-7,14-15H,2,8-12H2,1H3/t14-,15+/m0/s1. The third-order valence-electron chi connectivity index (χ3n) is 4.51. The van der Waals surface area contributed by atoms with Crippen LogP contribution in [0.15, 0.2) is 30.3 Å². The average Bonchev–Trinajstić information content (AvgIpc) is 2.46. The molecule has 1 aromatic carbocycles. The van der Waals surface area contributed by atoms with Crippen LogP contribution in [-0.4, -0.2) is 41.4 Å². The summed E-state index contributed by atoms with van der Waals surface area (Å²) in [6.45, 7) is 5.88. The lowest BCUT2D eigenvalue weighted by Gasteiger charge is -2.46. The second-order valence-corrected chi connectivity index (χ2v) is 5.74. The number of hydrogen-bond acceptors (Lipinski definition) is 2. The van der Waals surface area contributed by atoms with E-state index < -0.39 is 0 Å². The van der Waals surface area contributed by atoms with Gasteiger partial charge in [0.05, 0.1) is 6.04 Å². The van der Waals surface area contributed by atoms with Crippen LogP contribution in [0.5, 0.6) is 0 Å². The molecular formula is C16H22N2O. The lowest BCUT2D eigenvalue weighted by atomic mass is 9.85. The minimum atomic E-state index is 0.118. The molecule has 0 radical (unpaired) electrons. The average molecular weight is 258 g/mol. The fourth-order valence-corrected chi connectivity index (χ4v) is 3.41. The van der Waals surface area contributed by atoms with Gasteiger partial charge in [-0.15, -0.1) is 0 Å². The minimum Gasteiger partial charge on any atom is -0.341 e. The highest BCUT2D eigenvalue weighted by atomic mass is 16.2. The summed E-state index contributed by atoms with van der Waals surface area (Å²) in [4.78, 5) is 16.9. The molecule has 2 fully saturated rings. The van der Waals surface area contributed by atoms with Crippen LogP contribution in [-0.2, 0) is 11.3 Å². The molecule has 2 atom stereocenters. The highest BCUT2D eigenvalue weighted by Gasteiger charge is 2.40. The molecule has 3 rings (SSSR count). The van der Waals surface area contributed by atoms with Crippen molar-refractivity contribution in [3.05, 3.63) is 35.9 Å². The van der Waals surface area contributed by atoms with Gasteiger partial charge in [0.15, 0.2) is 0 Å². The van der Waals surface area contributed by atoms with Crippen LogP contribution < -0.4 is 0 Å². The summed E-state index contributed by atoms with van der Waals surface area (Å²) in [5.74, 6) is 1.06. The van der Waals surface area contributed by atoms with Gasteiger partial charge >= 0.3 is 0 Å². The number of benzene rings is 1. The topological polar surface area (TPSA) is 23.6 Å². The van der Waals surface area contributed by atoms with Gasteiger partial charge in [-0.2, -0.15) is 0 Å². The van der Waals surface area contributed by atoms with Gasteiger partial charge in [-0.3, -0.25) is 9.69 Å². The summed E-state index contributed by atoms with van der Waals surface area (Å²) < 4.78 is 0. The van der Waals surface area contributed by atoms with Crippen molar-refractivity contribution in [3.63, 3.8) is 0 Å². The van der Waals surface area contributed by atoms with Gasteiger partial charge in [-0.05, 0) is 37.8 Å². The number of fused-ring (bicyclic) bond motifs is 2. The molecule has 2 saturated heterocycles. The van der Waals surface area contributed by atoms with Crippen molar-refractivity contribution in [3.8, 4) is 0 Å². The van der Waals surface area contributed by atoms with Crippen LogP contribution in [0.2, 0.25) is 0 Å². The summed E-state index contributed by atoms with van der Waals surface area (Å²) >= 11 is 0. The SMILES string of the molecule is CCN1C[C@H]2CCN(Cc3ccccc3)[C@H](C2)C1=O. The molecule has 2 aliphatic heterocycles. The Morgan fingerprint density at radius 3 is 2.79 bits per heavy atom. The molecule has 0 spiro atoms. The number of rotatable bonds is 3. The monoisotopic (exact) mass is 258 g/mol. The fourth-order valence-electron chi connectivity index (χ4n) is 3.41. The maximum atomic E-state index is 12.5. The fraction of sp³-hybridized carbons (Fsp3) is 0.562. The normalized spacial score (nSPS) is 27.6. The van der Waals surface area contributed by atoms with E-state index in [4.69, 9.17) is 0 Å². The molecule has 0 unspecified atom stereocenters. The first-order valence-corrected chi connectivity index (χ1v) is 7.34. The molecule has 3 heteroatoms. The summed E-state index contributed by atoms with van der Waals surface area (Å²) in [5, 5.41) is 0. The van der Waals surface area contributed by atoms with Crippen molar-refractivity contribution in [1.29, 1.82) is 0 Å². The zero-order valence-electron chi connectivity index (χ0n) is 11.6. The Kier molecular flexibility index (Phi) is 3.56. The number of piperidine rings is 2. The molecule has 1 amide bonds. The minimum absolute atomic E-state index is 0.118. The van der Waals surface area contributed by atoms with Crippen molar-refractivity contribution in [2.24, 2.45) is 5.92 Å². The zero-order valence-corrected chi connectivity index (χ0v) is 11.6. The molecule has 2 heterocycles. The Hall–Kier alpha value is -1.35. The van der Waals surface area contributed by atoms with Gasteiger partial charge in [0.25, 0.3) is 0 Å². The second-order valence-electron chi connectivity index (χ2n) is 5.74. The molecule has 102 valence electrons. The Balaban J connectivity index is 1.74. The van der Waals surface area contributed by atoms with Gasteiger partial charge in [-0.25, -0.2) is 0 Å². The second kappa shape index (κ2) is 5.33. The summed E-state index contributed by atoms with van der Waals surface area (Å²) in [6.07, 6.45) is 2.29. The van der Waals surface area contributed by atoms with Crippen LogP contribution in [0.4, 0.5) is 0 Å². The Labute approximate surface area is 115 Å². The van der Waals surface area contributed by atoms with E-state index >= 15 is 0 Å². The van der Waals surface area contributed by atoms with Crippen molar-refractivity contribution >= 4 is 5.91 Å². The Bertz CT molecular complexity index is 445. The van der Waals surface area contributed by atoms with E-state index in [0.29, 0.717) is 5.91 Å². The van der Waals surface area contributed by atoms with Gasteiger partial charge in [0.2, 0.25) is 5.91 Å². The number of nitrogens with zero attached hydrogens (tertiary/aromatic N) is 2. The summed E-state index contributed by atoms with van der Waals surface area (Å²) in [5.41, 5.74) is 1.31. The number of carbonyl (C=O) groups is 1. The van der Waals surface area contributed by atoms with Crippen LogP contribution >= 0.6 is 0 Å². The van der Waals surface area contributed by atoms with Crippen molar-refractivity contribution in [2.75, 3.05) is 19.6 Å². The van der Waals surface area contributed by atoms with E-state index in [1.165, 1.54) is 12.0 Å². The molecule has 0 saturated carbocycles. The van der Waals surface area contributed by atoms with Crippen LogP contribution in [0, 0.1) is 5.92 Å². The first-order valence-electron chi connectivity index (χ1n) is 7.34. The Morgan fingerprint density at radius 1 is 1.26 bits per heavy atom. The van der Waals surface area contributed by atoms with Crippen LogP contribution in [0.25, 0.3) is 0 Å². The van der Waals surface area contributed by atoms with Crippen molar-refractivity contribution in [2.45, 2.75) is 32.4 Å². The quantitative estimate of drug-likeness (QED) is 0.829. The number of likely N-dealkylation sites (N-methyl/N-ethyl adjacent to an activating group) is 1. The predicted octanol–water partition coefficient (Wildman–Crippen LogP) is 2.13. The van der Waals surface area contributed by atoms with Crippen molar-refractivity contribution in [1.82, 2.24) is 9.80 Å². The third-order valence-corrected chi connectivity index (χ3v) is 4.51. The molecule has 0 aromatic heterocycles. The van der Waals surface area contributed by atoms with Gasteiger partial charge in [0, 0.05) is 19.6 Å². The van der Waals surface area contributed by atoms with E-state index in [0.717, 1.165) is 38.5 Å². The van der Waals surface area contributed by atoms with Crippen LogP contribution in [0.3, 0.4) is 0 Å². The number of hydrogen-bond donors (Lipinski definition) is 0. The van der Waals surface area contributed by atoms with E-state index in [1.54, 1.807) is 0 Å². The molecule has 1 aromatic rings. The molecule has 19 heavy (non-hydrogen) atoms. The molecule has 2 bridgehead atoms. The zero-order chi connectivity index (χ0) is 13.2. The highest BCUT2D eigenvalue weighted by Crippen LogP contribution is 2.30. The van der Waals surface area contributed by atoms with Gasteiger partial charge < -0.3 is 4.90 Å². The lowest BCUT2D eigenvalue weighted by molar-refractivity contribution is -0.145.